The highest BCUT2D eigenvalue weighted by Crippen LogP contribution is 2.28. The molecule has 2 fully saturated rings. The van der Waals surface area contributed by atoms with Crippen molar-refractivity contribution in [1.82, 2.24) is 10.2 Å². The monoisotopic (exact) mass is 296 g/mol. The molecule has 2 amide bonds. The second-order valence-electron chi connectivity index (χ2n) is 6.21. The Morgan fingerprint density at radius 1 is 1.29 bits per heavy atom. The van der Waals surface area contributed by atoms with Gasteiger partial charge in [0, 0.05) is 6.04 Å². The molecule has 0 aromatic heterocycles. The zero-order valence-corrected chi connectivity index (χ0v) is 12.9. The Balaban J connectivity index is 2.05. The third-order valence-corrected chi connectivity index (χ3v) is 4.38. The van der Waals surface area contributed by atoms with Crippen LogP contribution < -0.4 is 5.32 Å². The Bertz CT molecular complexity index is 429. The van der Waals surface area contributed by atoms with Crippen molar-refractivity contribution >= 4 is 17.8 Å². The molecule has 1 aliphatic carbocycles. The standard InChI is InChI=1S/C15H24N2O4/c1-9(2)13(15(20)21-3)16-11-8-12(18)17(14(11)19)10-6-4-5-7-10/h9-11,13,16H,4-8H2,1-3H3. The quantitative estimate of drug-likeness (QED) is 0.601. The van der Waals surface area contributed by atoms with Crippen molar-refractivity contribution in [3.05, 3.63) is 0 Å². The summed E-state index contributed by atoms with van der Waals surface area (Å²) in [7, 11) is 1.33. The highest BCUT2D eigenvalue weighted by atomic mass is 16.5. The van der Waals surface area contributed by atoms with E-state index in [-0.39, 0.29) is 30.2 Å². The lowest BCUT2D eigenvalue weighted by atomic mass is 10.0. The number of amides is 2. The van der Waals surface area contributed by atoms with E-state index < -0.39 is 18.1 Å². The predicted molar refractivity (Wildman–Crippen MR) is 76.3 cm³/mol. The molecule has 1 N–H and O–H groups in total. The maximum Gasteiger partial charge on any atom is 0.323 e. The van der Waals surface area contributed by atoms with Gasteiger partial charge in [0.25, 0.3) is 0 Å². The lowest BCUT2D eigenvalue weighted by Gasteiger charge is -2.25. The van der Waals surface area contributed by atoms with Crippen molar-refractivity contribution in [3.63, 3.8) is 0 Å². The molecule has 1 saturated heterocycles. The lowest BCUT2D eigenvalue weighted by Crippen LogP contribution is -2.50. The molecular formula is C15H24N2O4. The third kappa shape index (κ3) is 3.26. The average molecular weight is 296 g/mol. The fraction of sp³-hybridized carbons (Fsp3) is 0.800. The van der Waals surface area contributed by atoms with Crippen LogP contribution in [0, 0.1) is 5.92 Å². The van der Waals surface area contributed by atoms with Gasteiger partial charge in [-0.2, -0.15) is 0 Å². The van der Waals surface area contributed by atoms with E-state index >= 15 is 0 Å². The Hall–Kier alpha value is -1.43. The summed E-state index contributed by atoms with van der Waals surface area (Å²) in [6.45, 7) is 3.76. The number of likely N-dealkylation sites (tertiary alicyclic amines) is 1. The number of hydrogen-bond acceptors (Lipinski definition) is 5. The van der Waals surface area contributed by atoms with Gasteiger partial charge < -0.3 is 4.74 Å². The summed E-state index contributed by atoms with van der Waals surface area (Å²) < 4.78 is 4.76. The molecular weight excluding hydrogens is 272 g/mol. The number of nitrogens with one attached hydrogen (secondary N) is 1. The number of imide groups is 1. The molecule has 2 aliphatic rings. The molecule has 118 valence electrons. The van der Waals surface area contributed by atoms with E-state index in [9.17, 15) is 14.4 Å². The van der Waals surface area contributed by atoms with Crippen LogP contribution in [-0.4, -0.2) is 47.9 Å². The van der Waals surface area contributed by atoms with E-state index in [1.54, 1.807) is 0 Å². The molecule has 1 aliphatic heterocycles. The lowest BCUT2D eigenvalue weighted by molar-refractivity contribution is -0.144. The van der Waals surface area contributed by atoms with Crippen molar-refractivity contribution in [1.29, 1.82) is 0 Å². The van der Waals surface area contributed by atoms with Crippen LogP contribution in [-0.2, 0) is 19.1 Å². The number of ether oxygens (including phenoxy) is 1. The van der Waals surface area contributed by atoms with Crippen LogP contribution in [0.25, 0.3) is 0 Å². The second kappa shape index (κ2) is 6.56. The zero-order chi connectivity index (χ0) is 15.6. The molecule has 1 saturated carbocycles. The summed E-state index contributed by atoms with van der Waals surface area (Å²) in [5, 5.41) is 3.01. The predicted octanol–water partition coefficient (Wildman–Crippen LogP) is 0.844. The van der Waals surface area contributed by atoms with Crippen molar-refractivity contribution in [2.24, 2.45) is 5.92 Å². The van der Waals surface area contributed by atoms with E-state index in [1.807, 2.05) is 13.8 Å². The maximum atomic E-state index is 12.5. The van der Waals surface area contributed by atoms with Crippen LogP contribution in [0.5, 0.6) is 0 Å². The first-order valence-electron chi connectivity index (χ1n) is 7.65. The highest BCUT2D eigenvalue weighted by Gasteiger charge is 2.44. The average Bonchev–Trinajstić information content (AvgIpc) is 3.03. The second-order valence-corrected chi connectivity index (χ2v) is 6.21. The molecule has 0 bridgehead atoms. The molecule has 21 heavy (non-hydrogen) atoms. The van der Waals surface area contributed by atoms with E-state index in [0.29, 0.717) is 0 Å². The summed E-state index contributed by atoms with van der Waals surface area (Å²) in [5.41, 5.74) is 0. The summed E-state index contributed by atoms with van der Waals surface area (Å²) in [6, 6.07) is -1.13. The number of hydrogen-bond donors (Lipinski definition) is 1. The molecule has 2 atom stereocenters. The molecule has 6 heteroatoms. The summed E-state index contributed by atoms with van der Waals surface area (Å²) >= 11 is 0. The maximum absolute atomic E-state index is 12.5. The van der Waals surface area contributed by atoms with Gasteiger partial charge in [0.1, 0.15) is 6.04 Å². The largest absolute Gasteiger partial charge is 0.468 e. The fourth-order valence-corrected chi connectivity index (χ4v) is 3.20. The van der Waals surface area contributed by atoms with Crippen LogP contribution in [0.15, 0.2) is 0 Å². The minimum atomic E-state index is -0.607. The Kier molecular flexibility index (Phi) is 4.98. The number of carbonyl (C=O) groups excluding carboxylic acids is 3. The van der Waals surface area contributed by atoms with Crippen LogP contribution in [0.3, 0.4) is 0 Å². The Morgan fingerprint density at radius 3 is 2.43 bits per heavy atom. The van der Waals surface area contributed by atoms with Crippen molar-refractivity contribution < 1.29 is 19.1 Å². The normalized spacial score (nSPS) is 25.0. The van der Waals surface area contributed by atoms with Crippen LogP contribution >= 0.6 is 0 Å². The summed E-state index contributed by atoms with van der Waals surface area (Å²) in [4.78, 5) is 37.8. The first-order chi connectivity index (χ1) is 9.95. The number of carbonyl (C=O) groups is 3. The smallest absolute Gasteiger partial charge is 0.323 e. The first kappa shape index (κ1) is 15.9. The zero-order valence-electron chi connectivity index (χ0n) is 12.9. The van der Waals surface area contributed by atoms with Gasteiger partial charge in [0.2, 0.25) is 11.8 Å². The van der Waals surface area contributed by atoms with E-state index in [0.717, 1.165) is 25.7 Å². The molecule has 0 aromatic carbocycles. The summed E-state index contributed by atoms with van der Waals surface area (Å²) in [5.74, 6) is -0.733. The molecule has 1 heterocycles. The van der Waals surface area contributed by atoms with Crippen LogP contribution in [0.2, 0.25) is 0 Å². The van der Waals surface area contributed by atoms with Gasteiger partial charge in [0.05, 0.1) is 19.6 Å². The number of methoxy groups -OCH3 is 1. The van der Waals surface area contributed by atoms with Crippen molar-refractivity contribution in [3.8, 4) is 0 Å². The van der Waals surface area contributed by atoms with Gasteiger partial charge in [-0.1, -0.05) is 26.7 Å². The minimum Gasteiger partial charge on any atom is -0.468 e. The van der Waals surface area contributed by atoms with Crippen LogP contribution in [0.4, 0.5) is 0 Å². The topological polar surface area (TPSA) is 75.7 Å². The van der Waals surface area contributed by atoms with Gasteiger partial charge in [-0.25, -0.2) is 0 Å². The van der Waals surface area contributed by atoms with Crippen molar-refractivity contribution in [2.75, 3.05) is 7.11 Å². The number of nitrogens with zero attached hydrogens (tertiary/aromatic N) is 1. The third-order valence-electron chi connectivity index (χ3n) is 4.38. The summed E-state index contributed by atoms with van der Waals surface area (Å²) in [6.07, 6.45) is 4.06. The molecule has 6 nitrogen and oxygen atoms in total. The minimum absolute atomic E-state index is 0.0131. The van der Waals surface area contributed by atoms with E-state index in [4.69, 9.17) is 4.74 Å². The number of esters is 1. The first-order valence-corrected chi connectivity index (χ1v) is 7.65. The Labute approximate surface area is 125 Å². The van der Waals surface area contributed by atoms with E-state index in [1.165, 1.54) is 12.0 Å². The fourth-order valence-electron chi connectivity index (χ4n) is 3.20. The number of rotatable bonds is 5. The Morgan fingerprint density at radius 2 is 1.90 bits per heavy atom. The van der Waals surface area contributed by atoms with Gasteiger partial charge in [0.15, 0.2) is 0 Å². The SMILES string of the molecule is COC(=O)C(NC1CC(=O)N(C2CCCC2)C1=O)C(C)C. The van der Waals surface area contributed by atoms with Crippen molar-refractivity contribution in [2.45, 2.75) is 64.1 Å². The molecule has 0 radical (unpaired) electrons. The highest BCUT2D eigenvalue weighted by molar-refractivity contribution is 6.06. The molecule has 2 unspecified atom stereocenters. The van der Waals surface area contributed by atoms with Gasteiger partial charge in [-0.05, 0) is 18.8 Å². The molecule has 0 spiro atoms. The van der Waals surface area contributed by atoms with Gasteiger partial charge in [-0.3, -0.25) is 24.6 Å². The van der Waals surface area contributed by atoms with E-state index in [2.05, 4.69) is 5.32 Å². The molecule has 2 rings (SSSR count). The van der Waals surface area contributed by atoms with Gasteiger partial charge >= 0.3 is 5.97 Å². The van der Waals surface area contributed by atoms with Crippen LogP contribution in [0.1, 0.15) is 46.0 Å². The van der Waals surface area contributed by atoms with Gasteiger partial charge in [-0.15, -0.1) is 0 Å². The molecule has 0 aromatic rings.